The predicted octanol–water partition coefficient (Wildman–Crippen LogP) is 2.32. The van der Waals surface area contributed by atoms with Crippen molar-refractivity contribution in [3.05, 3.63) is 28.1 Å². The highest BCUT2D eigenvalue weighted by atomic mass is 19.4. The lowest BCUT2D eigenvalue weighted by molar-refractivity contribution is -0.388. The topological polar surface area (TPSA) is 55.6 Å². The standard InChI is InChI=1S/C7H5F3N2O3/c1-15-5-3-2-4(11(9)10)6(8)7(5)12(13)14/h2-3H,1H3. The van der Waals surface area contributed by atoms with Gasteiger partial charge in [-0.25, -0.2) is 0 Å². The third-order valence-electron chi connectivity index (χ3n) is 1.64. The second-order valence-electron chi connectivity index (χ2n) is 2.44. The molecule has 0 bridgehead atoms. The molecule has 0 aliphatic carbocycles. The van der Waals surface area contributed by atoms with Gasteiger partial charge in [0.25, 0.3) is 0 Å². The van der Waals surface area contributed by atoms with E-state index in [-0.39, 0.29) is 0 Å². The second-order valence-corrected chi connectivity index (χ2v) is 2.44. The molecule has 0 heterocycles. The Morgan fingerprint density at radius 3 is 2.47 bits per heavy atom. The van der Waals surface area contributed by atoms with Crippen LogP contribution in [-0.2, 0) is 0 Å². The van der Waals surface area contributed by atoms with E-state index in [2.05, 4.69) is 4.74 Å². The highest BCUT2D eigenvalue weighted by Gasteiger charge is 2.27. The number of nitro benzene ring substituents is 1. The minimum absolute atomic E-state index is 0.414. The normalized spacial score (nSPS) is 9.87. The molecule has 1 aromatic rings. The van der Waals surface area contributed by atoms with Crippen molar-refractivity contribution in [3.8, 4) is 5.75 Å². The van der Waals surface area contributed by atoms with Gasteiger partial charge in [-0.2, -0.15) is 4.39 Å². The molecule has 82 valence electrons. The average Bonchev–Trinajstić information content (AvgIpc) is 2.15. The monoisotopic (exact) mass is 222 g/mol. The number of nitrogens with zero attached hydrogens (tertiary/aromatic N) is 2. The first-order chi connectivity index (χ1) is 6.99. The maximum Gasteiger partial charge on any atom is 0.348 e. The van der Waals surface area contributed by atoms with E-state index in [1.807, 2.05) is 0 Å². The van der Waals surface area contributed by atoms with Gasteiger partial charge >= 0.3 is 5.69 Å². The maximum atomic E-state index is 13.2. The number of halogens is 3. The van der Waals surface area contributed by atoms with Crippen LogP contribution in [0.3, 0.4) is 0 Å². The first-order valence-corrected chi connectivity index (χ1v) is 3.61. The van der Waals surface area contributed by atoms with E-state index in [0.717, 1.165) is 13.2 Å². The summed E-state index contributed by atoms with van der Waals surface area (Å²) < 4.78 is 41.7. The maximum absolute atomic E-state index is 13.2. The Bertz CT molecular complexity index is 397. The molecule has 0 aliphatic rings. The van der Waals surface area contributed by atoms with Gasteiger partial charge in [-0.1, -0.05) is 8.96 Å². The van der Waals surface area contributed by atoms with E-state index in [1.54, 1.807) is 0 Å². The van der Waals surface area contributed by atoms with E-state index in [4.69, 9.17) is 0 Å². The Morgan fingerprint density at radius 2 is 2.07 bits per heavy atom. The van der Waals surface area contributed by atoms with Crippen molar-refractivity contribution >= 4 is 11.4 Å². The zero-order chi connectivity index (χ0) is 11.6. The summed E-state index contributed by atoms with van der Waals surface area (Å²) in [6.07, 6.45) is 0. The molecule has 0 fully saturated rings. The lowest BCUT2D eigenvalue weighted by Crippen LogP contribution is -2.04. The number of hydrogen-bond donors (Lipinski definition) is 0. The molecule has 0 spiro atoms. The molecule has 0 aliphatic heterocycles. The molecule has 0 amide bonds. The molecule has 0 N–H and O–H groups in total. The highest BCUT2D eigenvalue weighted by Crippen LogP contribution is 2.35. The fraction of sp³-hybridized carbons (Fsp3) is 0.143. The fourth-order valence-electron chi connectivity index (χ4n) is 1.00. The Labute approximate surface area is 81.7 Å². The van der Waals surface area contributed by atoms with Crippen molar-refractivity contribution in [2.24, 2.45) is 0 Å². The molecule has 5 nitrogen and oxygen atoms in total. The van der Waals surface area contributed by atoms with Crippen LogP contribution < -0.4 is 10.1 Å². The van der Waals surface area contributed by atoms with Crippen LogP contribution in [0.25, 0.3) is 0 Å². The lowest BCUT2D eigenvalue weighted by atomic mass is 10.2. The fourth-order valence-corrected chi connectivity index (χ4v) is 1.00. The third-order valence-corrected chi connectivity index (χ3v) is 1.64. The van der Waals surface area contributed by atoms with Gasteiger partial charge in [0.15, 0.2) is 5.75 Å². The molecule has 1 rings (SSSR count). The van der Waals surface area contributed by atoms with Crippen molar-refractivity contribution in [1.29, 1.82) is 0 Å². The third kappa shape index (κ3) is 1.92. The zero-order valence-electron chi connectivity index (χ0n) is 7.41. The van der Waals surface area contributed by atoms with Crippen molar-refractivity contribution in [2.45, 2.75) is 0 Å². The summed E-state index contributed by atoms with van der Waals surface area (Å²) in [6, 6.07) is 1.57. The number of ether oxygens (including phenoxy) is 1. The molecule has 8 heteroatoms. The van der Waals surface area contributed by atoms with Crippen LogP contribution in [0.1, 0.15) is 0 Å². The van der Waals surface area contributed by atoms with Crippen LogP contribution in [0.2, 0.25) is 0 Å². The number of methoxy groups -OCH3 is 1. The average molecular weight is 222 g/mol. The summed E-state index contributed by atoms with van der Waals surface area (Å²) in [6.45, 7) is 0. The van der Waals surface area contributed by atoms with Gasteiger partial charge in [0.1, 0.15) is 5.69 Å². The molecule has 0 saturated carbocycles. The van der Waals surface area contributed by atoms with E-state index in [1.165, 1.54) is 0 Å². The minimum atomic E-state index is -1.63. The first-order valence-electron chi connectivity index (χ1n) is 3.61. The van der Waals surface area contributed by atoms with E-state index < -0.39 is 33.2 Å². The largest absolute Gasteiger partial charge is 0.490 e. The zero-order valence-corrected chi connectivity index (χ0v) is 7.41. The summed E-state index contributed by atoms with van der Waals surface area (Å²) in [5.74, 6) is -2.05. The summed E-state index contributed by atoms with van der Waals surface area (Å²) in [5.41, 5.74) is -2.29. The van der Waals surface area contributed by atoms with Gasteiger partial charge in [0, 0.05) is 0 Å². The number of anilines is 1. The van der Waals surface area contributed by atoms with Crippen LogP contribution in [0.15, 0.2) is 12.1 Å². The highest BCUT2D eigenvalue weighted by molar-refractivity contribution is 5.59. The van der Waals surface area contributed by atoms with E-state index in [0.29, 0.717) is 6.07 Å². The number of hydrogen-bond acceptors (Lipinski definition) is 4. The Hall–Kier alpha value is -1.99. The van der Waals surface area contributed by atoms with Gasteiger partial charge < -0.3 is 4.74 Å². The van der Waals surface area contributed by atoms with E-state index >= 15 is 0 Å². The Morgan fingerprint density at radius 1 is 1.47 bits per heavy atom. The van der Waals surface area contributed by atoms with Gasteiger partial charge in [-0.05, 0) is 17.5 Å². The van der Waals surface area contributed by atoms with Crippen molar-refractivity contribution in [3.63, 3.8) is 0 Å². The Balaban J connectivity index is 3.42. The summed E-state index contributed by atoms with van der Waals surface area (Å²) in [4.78, 5) is 9.27. The molecule has 1 aromatic carbocycles. The minimum Gasteiger partial charge on any atom is -0.490 e. The van der Waals surface area contributed by atoms with Gasteiger partial charge in [0.05, 0.1) is 12.0 Å². The van der Waals surface area contributed by atoms with Gasteiger partial charge in [-0.3, -0.25) is 10.1 Å². The number of rotatable bonds is 3. The summed E-state index contributed by atoms with van der Waals surface area (Å²) in [5, 5.41) is 8.86. The second kappa shape index (κ2) is 4.03. The molecule has 0 unspecified atom stereocenters. The van der Waals surface area contributed by atoms with Crippen LogP contribution in [0, 0.1) is 15.9 Å². The molecule has 0 radical (unpaired) electrons. The molecule has 0 saturated heterocycles. The Kier molecular flexibility index (Phi) is 2.98. The molecular formula is C7H5F3N2O3. The molecule has 0 aromatic heterocycles. The first kappa shape index (κ1) is 11.1. The molecular weight excluding hydrogens is 217 g/mol. The predicted molar refractivity (Wildman–Crippen MR) is 44.3 cm³/mol. The van der Waals surface area contributed by atoms with E-state index in [9.17, 15) is 23.5 Å². The number of nitro groups is 1. The quantitative estimate of drug-likeness (QED) is 0.447. The smallest absolute Gasteiger partial charge is 0.348 e. The van der Waals surface area contributed by atoms with Crippen LogP contribution in [0.4, 0.5) is 24.7 Å². The van der Waals surface area contributed by atoms with Crippen LogP contribution >= 0.6 is 0 Å². The molecule has 0 atom stereocenters. The lowest BCUT2D eigenvalue weighted by Gasteiger charge is -2.06. The van der Waals surface area contributed by atoms with Crippen molar-refractivity contribution < 1.29 is 23.0 Å². The SMILES string of the molecule is COc1ccc(N(F)F)c(F)c1[N+](=O)[O-]. The summed E-state index contributed by atoms with van der Waals surface area (Å²) in [7, 11) is 1.07. The number of benzene rings is 1. The van der Waals surface area contributed by atoms with Crippen molar-refractivity contribution in [1.82, 2.24) is 0 Å². The molecule has 15 heavy (non-hydrogen) atoms. The summed E-state index contributed by atoms with van der Waals surface area (Å²) >= 11 is 0. The van der Waals surface area contributed by atoms with Crippen LogP contribution in [0.5, 0.6) is 5.75 Å². The van der Waals surface area contributed by atoms with Gasteiger partial charge in [-0.15, -0.1) is 0 Å². The van der Waals surface area contributed by atoms with Crippen molar-refractivity contribution in [2.75, 3.05) is 12.5 Å². The van der Waals surface area contributed by atoms with Crippen LogP contribution in [-0.4, -0.2) is 12.0 Å². The van der Waals surface area contributed by atoms with Gasteiger partial charge in [0.2, 0.25) is 5.82 Å².